The number of hydrogen-bond donors (Lipinski definition) is 6. The number of aliphatic hydroxyl groups is 6. The van der Waals surface area contributed by atoms with Crippen LogP contribution in [0.3, 0.4) is 0 Å². The Bertz CT molecular complexity index is 497. The molecule has 0 aliphatic rings. The fourth-order valence-corrected chi connectivity index (χ4v) is 1.35. The molecule has 16 heteroatoms. The molecular formula is C12H16Ca2O14. The number of hydrogen-bond acceptors (Lipinski definition) is 14. The van der Waals surface area contributed by atoms with Crippen LogP contribution in [-0.4, -0.2) is 167 Å². The molecule has 0 amide bonds. The Morgan fingerprint density at radius 1 is 0.786 bits per heavy atom. The van der Waals surface area contributed by atoms with Gasteiger partial charge in [-0.15, -0.1) is 0 Å². The Hall–Kier alpha value is 0.159. The predicted molar refractivity (Wildman–Crippen MR) is 76.8 cm³/mol. The number of rotatable bonds is 10. The van der Waals surface area contributed by atoms with Crippen LogP contribution in [0.25, 0.3) is 0 Å². The van der Waals surface area contributed by atoms with E-state index in [1.165, 1.54) is 0 Å². The van der Waals surface area contributed by atoms with E-state index in [0.29, 0.717) is 0 Å². The van der Waals surface area contributed by atoms with Crippen molar-refractivity contribution >= 4 is 99.4 Å². The standard InChI is InChI=1S/C6H8O7.C6H12O7.2Ca/c7-3(8)1-6(13,5(11)12)2-4(9)10;7-1-2(8)3(9)4(10)5(11)6(12)13;;/h13H,1-2H2,(H,7,8)(H,9,10)(H,11,12);2-5,7-11H,1H2,(H,12,13);;/q;;2*+2/p-4. The minimum Gasteiger partial charge on any atom is -0.550 e. The van der Waals surface area contributed by atoms with Crippen LogP contribution in [0, 0.1) is 0 Å². The summed E-state index contributed by atoms with van der Waals surface area (Å²) in [4.78, 5) is 40.0. The number of carbonyl (C=O) groups excluding carboxylic acids is 4. The molecule has 4 atom stereocenters. The van der Waals surface area contributed by atoms with Crippen molar-refractivity contribution in [1.82, 2.24) is 0 Å². The third-order valence-electron chi connectivity index (χ3n) is 2.75. The van der Waals surface area contributed by atoms with Crippen molar-refractivity contribution < 1.29 is 70.2 Å². The second-order valence-electron chi connectivity index (χ2n) is 4.91. The monoisotopic (exact) mass is 464 g/mol. The first-order valence-electron chi connectivity index (χ1n) is 6.57. The summed E-state index contributed by atoms with van der Waals surface area (Å²) in [5.74, 6) is -7.96. The predicted octanol–water partition coefficient (Wildman–Crippen LogP) is -10.8. The Kier molecular flexibility index (Phi) is 21.5. The van der Waals surface area contributed by atoms with Crippen LogP contribution in [0.15, 0.2) is 0 Å². The smallest absolute Gasteiger partial charge is 0.550 e. The Morgan fingerprint density at radius 2 is 1.14 bits per heavy atom. The number of aliphatic carboxylic acids is 4. The quantitative estimate of drug-likeness (QED) is 0.164. The van der Waals surface area contributed by atoms with Gasteiger partial charge in [0.15, 0.2) is 0 Å². The molecule has 0 aliphatic carbocycles. The average molecular weight is 464 g/mol. The second-order valence-corrected chi connectivity index (χ2v) is 4.91. The molecule has 0 fully saturated rings. The zero-order valence-electron chi connectivity index (χ0n) is 14.3. The number of aliphatic hydroxyl groups excluding tert-OH is 5. The topological polar surface area (TPSA) is 282 Å². The maximum atomic E-state index is 10.1. The van der Waals surface area contributed by atoms with Crippen LogP contribution in [0.1, 0.15) is 12.8 Å². The van der Waals surface area contributed by atoms with Gasteiger partial charge in [0, 0.05) is 24.8 Å². The maximum Gasteiger partial charge on any atom is 2.00 e. The fourth-order valence-electron chi connectivity index (χ4n) is 1.35. The molecule has 0 aromatic rings. The van der Waals surface area contributed by atoms with Gasteiger partial charge in [0.2, 0.25) is 0 Å². The minimum absolute atomic E-state index is 0. The van der Waals surface area contributed by atoms with Gasteiger partial charge in [-0.1, -0.05) is 0 Å². The second kappa shape index (κ2) is 16.9. The maximum absolute atomic E-state index is 10.1. The summed E-state index contributed by atoms with van der Waals surface area (Å²) >= 11 is 0. The molecule has 152 valence electrons. The number of carboxylic acid groups (broad SMARTS) is 4. The summed E-state index contributed by atoms with van der Waals surface area (Å²) in [5, 5.41) is 92.4. The first-order valence-corrected chi connectivity index (χ1v) is 6.57. The van der Waals surface area contributed by atoms with Gasteiger partial charge in [-0.05, 0) is 0 Å². The summed E-state index contributed by atoms with van der Waals surface area (Å²) in [6.07, 6.45) is -10.8. The largest absolute Gasteiger partial charge is 2.00 e. The Balaban J connectivity index is -0.000000192. The van der Waals surface area contributed by atoms with E-state index in [1.54, 1.807) is 0 Å². The molecule has 0 radical (unpaired) electrons. The molecule has 0 rings (SSSR count). The average Bonchev–Trinajstić information content (AvgIpc) is 2.50. The van der Waals surface area contributed by atoms with Gasteiger partial charge in [0.05, 0.1) is 18.5 Å². The van der Waals surface area contributed by atoms with Crippen molar-refractivity contribution in [2.45, 2.75) is 42.9 Å². The van der Waals surface area contributed by atoms with E-state index in [2.05, 4.69) is 0 Å². The minimum atomic E-state index is -2.97. The van der Waals surface area contributed by atoms with Gasteiger partial charge in [0.25, 0.3) is 0 Å². The molecule has 28 heavy (non-hydrogen) atoms. The molecule has 6 N–H and O–H groups in total. The molecule has 0 spiro atoms. The zero-order valence-corrected chi connectivity index (χ0v) is 18.7. The third kappa shape index (κ3) is 14.2. The summed E-state index contributed by atoms with van der Waals surface area (Å²) < 4.78 is 0. The fraction of sp³-hybridized carbons (Fsp3) is 0.667. The first-order chi connectivity index (χ1) is 11.7. The van der Waals surface area contributed by atoms with E-state index in [-0.39, 0.29) is 75.5 Å². The third-order valence-corrected chi connectivity index (χ3v) is 2.75. The van der Waals surface area contributed by atoms with Gasteiger partial charge < -0.3 is 70.2 Å². The molecule has 0 aromatic heterocycles. The van der Waals surface area contributed by atoms with Crippen LogP contribution in [0.4, 0.5) is 0 Å². The van der Waals surface area contributed by atoms with Gasteiger partial charge in [-0.25, -0.2) is 0 Å². The number of carboxylic acids is 4. The Morgan fingerprint density at radius 3 is 1.36 bits per heavy atom. The molecule has 0 saturated heterocycles. The van der Waals surface area contributed by atoms with Crippen molar-refractivity contribution in [2.75, 3.05) is 6.61 Å². The molecule has 0 aliphatic heterocycles. The van der Waals surface area contributed by atoms with Crippen molar-refractivity contribution in [1.29, 1.82) is 0 Å². The molecule has 0 bridgehead atoms. The first kappa shape index (κ1) is 35.6. The van der Waals surface area contributed by atoms with Crippen LogP contribution < -0.4 is 20.4 Å². The van der Waals surface area contributed by atoms with Crippen molar-refractivity contribution in [3.05, 3.63) is 0 Å². The summed E-state index contributed by atoms with van der Waals surface area (Å²) in [6.45, 7) is -0.863. The zero-order chi connectivity index (χ0) is 21.2. The summed E-state index contributed by atoms with van der Waals surface area (Å²) in [6, 6.07) is 0. The van der Waals surface area contributed by atoms with Crippen LogP contribution in [0.2, 0.25) is 0 Å². The molecule has 0 saturated carbocycles. The van der Waals surface area contributed by atoms with E-state index < -0.39 is 73.3 Å². The van der Waals surface area contributed by atoms with E-state index in [9.17, 15) is 39.6 Å². The normalized spacial score (nSPS) is 14.5. The van der Waals surface area contributed by atoms with Crippen LogP contribution in [-0.2, 0) is 19.2 Å². The van der Waals surface area contributed by atoms with E-state index in [0.717, 1.165) is 0 Å². The molecule has 4 unspecified atom stereocenters. The van der Waals surface area contributed by atoms with E-state index in [1.807, 2.05) is 0 Å². The van der Waals surface area contributed by atoms with Gasteiger partial charge in [0.1, 0.15) is 30.0 Å². The van der Waals surface area contributed by atoms with Crippen molar-refractivity contribution in [3.8, 4) is 0 Å². The van der Waals surface area contributed by atoms with Gasteiger partial charge in [-0.2, -0.15) is 0 Å². The number of carbonyl (C=O) groups is 4. The van der Waals surface area contributed by atoms with Crippen LogP contribution >= 0.6 is 0 Å². The van der Waals surface area contributed by atoms with Gasteiger partial charge >= 0.3 is 75.5 Å². The van der Waals surface area contributed by atoms with E-state index in [4.69, 9.17) is 30.6 Å². The van der Waals surface area contributed by atoms with Crippen molar-refractivity contribution in [3.63, 3.8) is 0 Å². The molecule has 14 nitrogen and oxygen atoms in total. The van der Waals surface area contributed by atoms with Crippen molar-refractivity contribution in [2.24, 2.45) is 0 Å². The molecule has 0 heterocycles. The van der Waals surface area contributed by atoms with E-state index >= 15 is 0 Å². The Labute approximate surface area is 217 Å². The molecular weight excluding hydrogens is 448 g/mol. The van der Waals surface area contributed by atoms with Gasteiger partial charge in [-0.3, -0.25) is 0 Å². The van der Waals surface area contributed by atoms with Crippen LogP contribution in [0.5, 0.6) is 0 Å². The SMILES string of the molecule is O=C([O-])C(O)C(O)C(O)C(O)CO.O=C([O-])CC(O)(CC(=O)[O-])C(=O)[O-].[Ca+2].[Ca+2]. The summed E-state index contributed by atoms with van der Waals surface area (Å²) in [5.41, 5.74) is -2.97. The summed E-state index contributed by atoms with van der Waals surface area (Å²) in [7, 11) is 0. The molecule has 0 aromatic carbocycles.